The van der Waals surface area contributed by atoms with Crippen molar-refractivity contribution in [3.05, 3.63) is 29.8 Å². The van der Waals surface area contributed by atoms with E-state index in [1.54, 1.807) is 0 Å². The van der Waals surface area contributed by atoms with Crippen LogP contribution in [0, 0.1) is 5.92 Å². The van der Waals surface area contributed by atoms with Crippen molar-refractivity contribution in [2.24, 2.45) is 5.92 Å². The summed E-state index contributed by atoms with van der Waals surface area (Å²) >= 11 is 0. The van der Waals surface area contributed by atoms with Crippen molar-refractivity contribution < 1.29 is 14.6 Å². The van der Waals surface area contributed by atoms with E-state index in [-0.39, 0.29) is 12.3 Å². The highest BCUT2D eigenvalue weighted by Gasteiger charge is 2.07. The lowest BCUT2D eigenvalue weighted by molar-refractivity contribution is -0.138. The average Bonchev–Trinajstić information content (AvgIpc) is 2.34. The maximum absolute atomic E-state index is 10.5. The number of hydrogen-bond acceptors (Lipinski definition) is 2. The predicted octanol–water partition coefficient (Wildman–Crippen LogP) is 3.52. The van der Waals surface area contributed by atoms with E-state index >= 15 is 0 Å². The number of carboxylic acids is 1. The minimum Gasteiger partial charge on any atom is -0.493 e. The summed E-state index contributed by atoms with van der Waals surface area (Å²) in [6.07, 6.45) is 2.99. The Labute approximate surface area is 109 Å². The number of aliphatic carboxylic acids is 1. The predicted molar refractivity (Wildman–Crippen MR) is 72.0 cm³/mol. The van der Waals surface area contributed by atoms with Crippen molar-refractivity contribution in [1.82, 2.24) is 0 Å². The molecular weight excluding hydrogens is 228 g/mol. The molecule has 1 N–H and O–H groups in total. The molecule has 3 heteroatoms. The fourth-order valence-electron chi connectivity index (χ4n) is 1.95. The zero-order chi connectivity index (χ0) is 13.4. The molecule has 1 atom stereocenters. The van der Waals surface area contributed by atoms with E-state index in [1.807, 2.05) is 25.1 Å². The number of ether oxygens (including phenoxy) is 1. The van der Waals surface area contributed by atoms with Crippen molar-refractivity contribution in [2.45, 2.75) is 39.5 Å². The van der Waals surface area contributed by atoms with Gasteiger partial charge in [0.1, 0.15) is 5.75 Å². The highest BCUT2D eigenvalue weighted by Crippen LogP contribution is 2.19. The van der Waals surface area contributed by atoms with Crippen LogP contribution in [-0.4, -0.2) is 17.7 Å². The van der Waals surface area contributed by atoms with Crippen LogP contribution in [0.2, 0.25) is 0 Å². The highest BCUT2D eigenvalue weighted by atomic mass is 16.5. The largest absolute Gasteiger partial charge is 0.493 e. The molecule has 0 aliphatic rings. The molecule has 3 nitrogen and oxygen atoms in total. The standard InChI is InChI=1S/C15H22O3/c1-3-13-8-4-5-9-14(13)18-10-6-7-12(2)11-15(16)17/h4-5,8-9,12H,3,6-7,10-11H2,1-2H3,(H,16,17)/t12-/m1/s1. The van der Waals surface area contributed by atoms with Gasteiger partial charge in [-0.2, -0.15) is 0 Å². The number of hydrogen-bond donors (Lipinski definition) is 1. The second-order valence-corrected chi connectivity index (χ2v) is 4.66. The first kappa shape index (κ1) is 14.6. The van der Waals surface area contributed by atoms with Crippen molar-refractivity contribution >= 4 is 5.97 Å². The van der Waals surface area contributed by atoms with Crippen molar-refractivity contribution in [3.8, 4) is 5.75 Å². The molecule has 0 heterocycles. The molecule has 100 valence electrons. The molecule has 0 saturated heterocycles. The Morgan fingerprint density at radius 3 is 2.78 bits per heavy atom. The van der Waals surface area contributed by atoms with Crippen LogP contribution in [-0.2, 0) is 11.2 Å². The van der Waals surface area contributed by atoms with Gasteiger partial charge in [-0.15, -0.1) is 0 Å². The quantitative estimate of drug-likeness (QED) is 0.718. The summed E-state index contributed by atoms with van der Waals surface area (Å²) in [4.78, 5) is 10.5. The topological polar surface area (TPSA) is 46.5 Å². The van der Waals surface area contributed by atoms with E-state index in [9.17, 15) is 4.79 Å². The molecule has 1 rings (SSSR count). The van der Waals surface area contributed by atoms with Gasteiger partial charge >= 0.3 is 5.97 Å². The van der Waals surface area contributed by atoms with Crippen LogP contribution in [0.1, 0.15) is 38.7 Å². The fraction of sp³-hybridized carbons (Fsp3) is 0.533. The zero-order valence-electron chi connectivity index (χ0n) is 11.2. The third-order valence-electron chi connectivity index (χ3n) is 2.98. The molecule has 0 saturated carbocycles. The third-order valence-corrected chi connectivity index (χ3v) is 2.98. The van der Waals surface area contributed by atoms with Crippen molar-refractivity contribution in [2.75, 3.05) is 6.61 Å². The summed E-state index contributed by atoms with van der Waals surface area (Å²) in [5.74, 6) is 0.443. The van der Waals surface area contributed by atoms with Crippen LogP contribution in [0.25, 0.3) is 0 Å². The number of para-hydroxylation sites is 1. The number of benzene rings is 1. The van der Waals surface area contributed by atoms with Crippen LogP contribution < -0.4 is 4.74 Å². The van der Waals surface area contributed by atoms with E-state index in [0.29, 0.717) is 6.61 Å². The van der Waals surface area contributed by atoms with E-state index < -0.39 is 5.97 Å². The molecule has 0 fully saturated rings. The molecule has 0 radical (unpaired) electrons. The Bertz CT molecular complexity index is 374. The maximum Gasteiger partial charge on any atom is 0.303 e. The summed E-state index contributed by atoms with van der Waals surface area (Å²) in [5.41, 5.74) is 1.22. The highest BCUT2D eigenvalue weighted by molar-refractivity contribution is 5.66. The summed E-state index contributed by atoms with van der Waals surface area (Å²) in [5, 5.41) is 8.66. The first-order chi connectivity index (χ1) is 8.63. The maximum atomic E-state index is 10.5. The molecule has 0 aromatic heterocycles. The first-order valence-corrected chi connectivity index (χ1v) is 6.56. The minimum atomic E-state index is -0.722. The molecule has 18 heavy (non-hydrogen) atoms. The Morgan fingerprint density at radius 2 is 2.11 bits per heavy atom. The Kier molecular flexibility index (Phi) is 6.26. The molecule has 0 amide bonds. The smallest absolute Gasteiger partial charge is 0.303 e. The van der Waals surface area contributed by atoms with E-state index in [0.717, 1.165) is 25.0 Å². The van der Waals surface area contributed by atoms with E-state index in [1.165, 1.54) is 5.56 Å². The molecular formula is C15H22O3. The monoisotopic (exact) mass is 250 g/mol. The van der Waals surface area contributed by atoms with Crippen LogP contribution in [0.15, 0.2) is 24.3 Å². The fourth-order valence-corrected chi connectivity index (χ4v) is 1.95. The molecule has 0 aliphatic heterocycles. The third kappa shape index (κ3) is 5.21. The zero-order valence-corrected chi connectivity index (χ0v) is 11.2. The summed E-state index contributed by atoms with van der Waals surface area (Å²) < 4.78 is 5.74. The van der Waals surface area contributed by atoms with Crippen LogP contribution >= 0.6 is 0 Å². The Balaban J connectivity index is 2.27. The van der Waals surface area contributed by atoms with Gasteiger partial charge in [0.05, 0.1) is 6.61 Å². The van der Waals surface area contributed by atoms with Crippen LogP contribution in [0.5, 0.6) is 5.75 Å². The SMILES string of the molecule is CCc1ccccc1OCCC[C@@H](C)CC(=O)O. The van der Waals surface area contributed by atoms with Crippen molar-refractivity contribution in [3.63, 3.8) is 0 Å². The minimum absolute atomic E-state index is 0.215. The van der Waals surface area contributed by atoms with Crippen LogP contribution in [0.4, 0.5) is 0 Å². The summed E-state index contributed by atoms with van der Waals surface area (Å²) in [7, 11) is 0. The lowest BCUT2D eigenvalue weighted by Gasteiger charge is -2.12. The molecule has 0 bridgehead atoms. The molecule has 0 spiro atoms. The van der Waals surface area contributed by atoms with Crippen LogP contribution in [0.3, 0.4) is 0 Å². The molecule has 1 aromatic rings. The molecule has 1 aromatic carbocycles. The van der Waals surface area contributed by atoms with Gasteiger partial charge in [-0.25, -0.2) is 0 Å². The number of aryl methyl sites for hydroxylation is 1. The van der Waals surface area contributed by atoms with Gasteiger partial charge in [0.2, 0.25) is 0 Å². The van der Waals surface area contributed by atoms with Gasteiger partial charge in [-0.3, -0.25) is 4.79 Å². The van der Waals surface area contributed by atoms with E-state index in [2.05, 4.69) is 13.0 Å². The number of rotatable bonds is 8. The summed E-state index contributed by atoms with van der Waals surface area (Å²) in [6.45, 7) is 4.73. The van der Waals surface area contributed by atoms with E-state index in [4.69, 9.17) is 9.84 Å². The molecule has 0 unspecified atom stereocenters. The Morgan fingerprint density at radius 1 is 1.39 bits per heavy atom. The second-order valence-electron chi connectivity index (χ2n) is 4.66. The number of carbonyl (C=O) groups is 1. The Hall–Kier alpha value is -1.51. The first-order valence-electron chi connectivity index (χ1n) is 6.56. The van der Waals surface area contributed by atoms with Gasteiger partial charge in [-0.1, -0.05) is 32.0 Å². The van der Waals surface area contributed by atoms with Gasteiger partial charge in [0.15, 0.2) is 0 Å². The van der Waals surface area contributed by atoms with Gasteiger partial charge < -0.3 is 9.84 Å². The van der Waals surface area contributed by atoms with Crippen molar-refractivity contribution in [1.29, 1.82) is 0 Å². The lowest BCUT2D eigenvalue weighted by Crippen LogP contribution is -2.07. The molecule has 0 aliphatic carbocycles. The summed E-state index contributed by atoms with van der Waals surface area (Å²) in [6, 6.07) is 8.05. The normalized spacial score (nSPS) is 12.1. The second kappa shape index (κ2) is 7.75. The number of carboxylic acid groups (broad SMARTS) is 1. The van der Waals surface area contributed by atoms with Gasteiger partial charge in [0.25, 0.3) is 0 Å². The van der Waals surface area contributed by atoms with Gasteiger partial charge in [-0.05, 0) is 36.8 Å². The average molecular weight is 250 g/mol. The van der Waals surface area contributed by atoms with Gasteiger partial charge in [0, 0.05) is 6.42 Å². The lowest BCUT2D eigenvalue weighted by atomic mass is 10.0.